The fourth-order valence-electron chi connectivity index (χ4n) is 2.77. The summed E-state index contributed by atoms with van der Waals surface area (Å²) >= 11 is 0. The van der Waals surface area contributed by atoms with Crippen LogP contribution in [0.15, 0.2) is 30.3 Å². The molecule has 0 atom stereocenters. The first kappa shape index (κ1) is 13.5. The van der Waals surface area contributed by atoms with Gasteiger partial charge < -0.3 is 21.1 Å². The normalized spacial score (nSPS) is 11.1. The Hall–Kier alpha value is -2.53. The Morgan fingerprint density at radius 1 is 1.33 bits per heavy atom. The van der Waals surface area contributed by atoms with Crippen LogP contribution in [0.1, 0.15) is 15.9 Å². The van der Waals surface area contributed by atoms with E-state index in [1.54, 1.807) is 0 Å². The largest absolute Gasteiger partial charge is 0.395 e. The fourth-order valence-corrected chi connectivity index (χ4v) is 2.77. The van der Waals surface area contributed by atoms with Gasteiger partial charge in [-0.3, -0.25) is 4.79 Å². The van der Waals surface area contributed by atoms with E-state index in [0.717, 1.165) is 33.1 Å². The predicted molar refractivity (Wildman–Crippen MR) is 84.6 cm³/mol. The summed E-state index contributed by atoms with van der Waals surface area (Å²) in [5.74, 6) is -0.461. The summed E-state index contributed by atoms with van der Waals surface area (Å²) in [6.07, 6.45) is 0. The molecule has 0 aliphatic carbocycles. The van der Waals surface area contributed by atoms with Crippen molar-refractivity contribution in [2.24, 2.45) is 5.73 Å². The van der Waals surface area contributed by atoms with Crippen molar-refractivity contribution >= 4 is 33.4 Å². The van der Waals surface area contributed by atoms with E-state index in [2.05, 4.69) is 10.3 Å². The van der Waals surface area contributed by atoms with Gasteiger partial charge in [0.15, 0.2) is 0 Å². The topological polar surface area (TPSA) is 91.1 Å². The SMILES string of the molecule is Cc1c(NCCO)cc2c([nH]c3ccccc32)c1C(N)=O. The molecule has 1 amide bonds. The second-order valence-corrected chi connectivity index (χ2v) is 5.03. The van der Waals surface area contributed by atoms with Gasteiger partial charge in [0.1, 0.15) is 0 Å². The molecule has 0 unspecified atom stereocenters. The molecule has 0 spiro atoms. The summed E-state index contributed by atoms with van der Waals surface area (Å²) in [5.41, 5.74) is 9.38. The molecule has 108 valence electrons. The number of aliphatic hydroxyl groups excluding tert-OH is 1. The molecule has 5 nitrogen and oxygen atoms in total. The second-order valence-electron chi connectivity index (χ2n) is 5.03. The fraction of sp³-hybridized carbons (Fsp3) is 0.188. The Morgan fingerprint density at radius 3 is 2.81 bits per heavy atom. The van der Waals surface area contributed by atoms with Crippen molar-refractivity contribution in [1.82, 2.24) is 4.98 Å². The number of aromatic nitrogens is 1. The molecule has 0 bridgehead atoms. The molecule has 21 heavy (non-hydrogen) atoms. The number of carbonyl (C=O) groups excluding carboxylic acids is 1. The lowest BCUT2D eigenvalue weighted by Crippen LogP contribution is -2.15. The van der Waals surface area contributed by atoms with Crippen LogP contribution < -0.4 is 11.1 Å². The molecule has 0 aliphatic heterocycles. The average molecular weight is 283 g/mol. The van der Waals surface area contributed by atoms with E-state index in [9.17, 15) is 4.79 Å². The Morgan fingerprint density at radius 2 is 2.10 bits per heavy atom. The Kier molecular flexibility index (Phi) is 3.27. The van der Waals surface area contributed by atoms with E-state index in [-0.39, 0.29) is 6.61 Å². The minimum Gasteiger partial charge on any atom is -0.395 e. The van der Waals surface area contributed by atoms with Crippen molar-refractivity contribution in [2.75, 3.05) is 18.5 Å². The number of benzene rings is 2. The quantitative estimate of drug-likeness (QED) is 0.591. The van der Waals surface area contributed by atoms with Crippen molar-refractivity contribution in [3.05, 3.63) is 41.5 Å². The van der Waals surface area contributed by atoms with Crippen molar-refractivity contribution < 1.29 is 9.90 Å². The van der Waals surface area contributed by atoms with Crippen LogP contribution in [0.4, 0.5) is 5.69 Å². The Bertz CT molecular complexity index is 836. The van der Waals surface area contributed by atoms with Crippen LogP contribution in [-0.4, -0.2) is 29.1 Å². The summed E-state index contributed by atoms with van der Waals surface area (Å²) < 4.78 is 0. The number of para-hydroxylation sites is 1. The molecule has 3 rings (SSSR count). The van der Waals surface area contributed by atoms with Gasteiger partial charge in [0, 0.05) is 28.5 Å². The average Bonchev–Trinajstić information content (AvgIpc) is 2.82. The predicted octanol–water partition coefficient (Wildman–Crippen LogP) is 2.13. The lowest BCUT2D eigenvalue weighted by atomic mass is 10.0. The maximum atomic E-state index is 11.9. The number of primary amides is 1. The molecule has 3 aromatic rings. The molecule has 0 saturated heterocycles. The third-order valence-electron chi connectivity index (χ3n) is 3.74. The van der Waals surface area contributed by atoms with Gasteiger partial charge in [0.05, 0.1) is 17.7 Å². The molecular formula is C16H17N3O2. The molecule has 0 aliphatic rings. The van der Waals surface area contributed by atoms with Gasteiger partial charge in [0.25, 0.3) is 5.91 Å². The number of nitrogens with one attached hydrogen (secondary N) is 2. The number of carbonyl (C=O) groups is 1. The Labute approximate surface area is 121 Å². The number of aliphatic hydroxyl groups is 1. The van der Waals surface area contributed by atoms with Gasteiger partial charge in [-0.1, -0.05) is 18.2 Å². The molecule has 1 aromatic heterocycles. The Balaban J connectivity index is 2.37. The maximum Gasteiger partial charge on any atom is 0.251 e. The number of hydrogen-bond acceptors (Lipinski definition) is 3. The summed E-state index contributed by atoms with van der Waals surface area (Å²) in [7, 11) is 0. The number of amides is 1. The first-order chi connectivity index (χ1) is 10.1. The van der Waals surface area contributed by atoms with Crippen molar-refractivity contribution in [3.63, 3.8) is 0 Å². The van der Waals surface area contributed by atoms with E-state index >= 15 is 0 Å². The van der Waals surface area contributed by atoms with Crippen LogP contribution in [-0.2, 0) is 0 Å². The van der Waals surface area contributed by atoms with Crippen molar-refractivity contribution in [2.45, 2.75) is 6.92 Å². The van der Waals surface area contributed by atoms with Gasteiger partial charge in [-0.05, 0) is 24.6 Å². The van der Waals surface area contributed by atoms with Crippen LogP contribution in [0.25, 0.3) is 21.8 Å². The molecule has 1 heterocycles. The van der Waals surface area contributed by atoms with Crippen molar-refractivity contribution in [1.29, 1.82) is 0 Å². The zero-order chi connectivity index (χ0) is 15.0. The molecule has 0 saturated carbocycles. The molecule has 5 N–H and O–H groups in total. The molecule has 5 heteroatoms. The third-order valence-corrected chi connectivity index (χ3v) is 3.74. The number of aromatic amines is 1. The number of rotatable bonds is 4. The smallest absolute Gasteiger partial charge is 0.251 e. The van der Waals surface area contributed by atoms with Gasteiger partial charge in [0.2, 0.25) is 0 Å². The number of H-pyrrole nitrogens is 1. The van der Waals surface area contributed by atoms with Crippen LogP contribution in [0.3, 0.4) is 0 Å². The number of hydrogen-bond donors (Lipinski definition) is 4. The van der Waals surface area contributed by atoms with Gasteiger partial charge in [-0.25, -0.2) is 0 Å². The van der Waals surface area contributed by atoms with Crippen molar-refractivity contribution in [3.8, 4) is 0 Å². The highest BCUT2D eigenvalue weighted by Gasteiger charge is 2.17. The highest BCUT2D eigenvalue weighted by Crippen LogP contribution is 2.33. The van der Waals surface area contributed by atoms with E-state index < -0.39 is 5.91 Å². The zero-order valence-corrected chi connectivity index (χ0v) is 11.7. The number of nitrogens with two attached hydrogens (primary N) is 1. The van der Waals surface area contributed by atoms with Gasteiger partial charge in [-0.15, -0.1) is 0 Å². The van der Waals surface area contributed by atoms with E-state index in [4.69, 9.17) is 10.8 Å². The number of anilines is 1. The summed E-state index contributed by atoms with van der Waals surface area (Å²) in [4.78, 5) is 15.1. The minimum atomic E-state index is -0.461. The first-order valence-electron chi connectivity index (χ1n) is 6.82. The monoisotopic (exact) mass is 283 g/mol. The molecule has 0 fully saturated rings. The van der Waals surface area contributed by atoms with Gasteiger partial charge in [-0.2, -0.15) is 0 Å². The minimum absolute atomic E-state index is 0.0251. The summed E-state index contributed by atoms with van der Waals surface area (Å²) in [6, 6.07) is 9.87. The van der Waals surface area contributed by atoms with Crippen LogP contribution >= 0.6 is 0 Å². The summed E-state index contributed by atoms with van der Waals surface area (Å²) in [5, 5.41) is 14.1. The van der Waals surface area contributed by atoms with Crippen LogP contribution in [0.5, 0.6) is 0 Å². The molecule has 2 aromatic carbocycles. The zero-order valence-electron chi connectivity index (χ0n) is 11.7. The molecule has 0 radical (unpaired) electrons. The first-order valence-corrected chi connectivity index (χ1v) is 6.82. The lowest BCUT2D eigenvalue weighted by Gasteiger charge is -2.12. The van der Waals surface area contributed by atoms with E-state index in [1.807, 2.05) is 37.3 Å². The second kappa shape index (κ2) is 5.10. The summed E-state index contributed by atoms with van der Waals surface area (Å²) in [6.45, 7) is 2.30. The lowest BCUT2D eigenvalue weighted by molar-refractivity contribution is 0.100. The maximum absolute atomic E-state index is 11.9. The van der Waals surface area contributed by atoms with Crippen LogP contribution in [0, 0.1) is 6.92 Å². The van der Waals surface area contributed by atoms with E-state index in [1.165, 1.54) is 0 Å². The third kappa shape index (κ3) is 2.11. The standard InChI is InChI=1S/C16H17N3O2/c1-9-13(18-6-7-20)8-11-10-4-2-3-5-12(10)19-15(11)14(9)16(17)21/h2-5,8,18-20H,6-7H2,1H3,(H2,17,21). The molecular weight excluding hydrogens is 266 g/mol. The van der Waals surface area contributed by atoms with Crippen LogP contribution in [0.2, 0.25) is 0 Å². The highest BCUT2D eigenvalue weighted by atomic mass is 16.3. The number of fused-ring (bicyclic) bond motifs is 3. The highest BCUT2D eigenvalue weighted by molar-refractivity contribution is 6.16. The van der Waals surface area contributed by atoms with E-state index in [0.29, 0.717) is 12.1 Å². The van der Waals surface area contributed by atoms with Gasteiger partial charge >= 0.3 is 0 Å².